The van der Waals surface area contributed by atoms with Crippen LogP contribution in [0.2, 0.25) is 0 Å². The molecule has 0 saturated heterocycles. The summed E-state index contributed by atoms with van der Waals surface area (Å²) in [5.41, 5.74) is 6.11. The van der Waals surface area contributed by atoms with E-state index in [4.69, 9.17) is 4.74 Å². The number of carbonyl (C=O) groups is 2. The van der Waals surface area contributed by atoms with Crippen LogP contribution < -0.4 is 15.6 Å². The van der Waals surface area contributed by atoms with E-state index >= 15 is 0 Å². The van der Waals surface area contributed by atoms with Gasteiger partial charge in [0.2, 0.25) is 0 Å². The monoisotopic (exact) mass is 334 g/mol. The van der Waals surface area contributed by atoms with E-state index in [-0.39, 0.29) is 12.2 Å². The van der Waals surface area contributed by atoms with E-state index in [2.05, 4.69) is 10.9 Å². The van der Waals surface area contributed by atoms with E-state index in [1.54, 1.807) is 12.1 Å². The number of amides is 2. The molecule has 0 aliphatic carbocycles. The summed E-state index contributed by atoms with van der Waals surface area (Å²) in [6.45, 7) is 3.50. The summed E-state index contributed by atoms with van der Waals surface area (Å²) < 4.78 is 31.2. The second-order valence-corrected chi connectivity index (χ2v) is 5.24. The molecule has 2 N–H and O–H groups in total. The molecular formula is C17H16F2N2O3. The van der Waals surface area contributed by atoms with E-state index in [0.717, 1.165) is 29.3 Å². The average molecular weight is 334 g/mol. The van der Waals surface area contributed by atoms with Crippen LogP contribution in [-0.2, 0) is 4.79 Å². The van der Waals surface area contributed by atoms with Crippen LogP contribution in [0, 0.1) is 25.5 Å². The summed E-state index contributed by atoms with van der Waals surface area (Å²) in [6, 6.07) is 8.19. The first-order valence-corrected chi connectivity index (χ1v) is 7.10. The fourth-order valence-electron chi connectivity index (χ4n) is 2.04. The minimum Gasteiger partial charge on any atom is -0.484 e. The first-order chi connectivity index (χ1) is 11.3. The van der Waals surface area contributed by atoms with Gasteiger partial charge in [0.1, 0.15) is 5.75 Å². The van der Waals surface area contributed by atoms with Gasteiger partial charge < -0.3 is 4.74 Å². The number of hydrazine groups is 1. The third kappa shape index (κ3) is 4.77. The van der Waals surface area contributed by atoms with Gasteiger partial charge in [-0.25, -0.2) is 8.78 Å². The normalized spacial score (nSPS) is 10.2. The predicted molar refractivity (Wildman–Crippen MR) is 83.4 cm³/mol. The summed E-state index contributed by atoms with van der Waals surface area (Å²) in [5, 5.41) is 0. The van der Waals surface area contributed by atoms with Crippen LogP contribution in [-0.4, -0.2) is 18.4 Å². The summed E-state index contributed by atoms with van der Waals surface area (Å²) in [7, 11) is 0. The van der Waals surface area contributed by atoms with Crippen molar-refractivity contribution in [3.63, 3.8) is 0 Å². The van der Waals surface area contributed by atoms with Crippen LogP contribution >= 0.6 is 0 Å². The zero-order chi connectivity index (χ0) is 17.7. The van der Waals surface area contributed by atoms with E-state index in [1.807, 2.05) is 19.9 Å². The Kier molecular flexibility index (Phi) is 5.47. The van der Waals surface area contributed by atoms with Crippen molar-refractivity contribution in [1.29, 1.82) is 0 Å². The van der Waals surface area contributed by atoms with E-state index in [9.17, 15) is 18.4 Å². The number of nitrogens with one attached hydrogen (secondary N) is 2. The molecule has 0 bridgehead atoms. The van der Waals surface area contributed by atoms with Crippen LogP contribution in [0.3, 0.4) is 0 Å². The number of ether oxygens (including phenoxy) is 1. The highest BCUT2D eigenvalue weighted by molar-refractivity contribution is 5.95. The fraction of sp³-hybridized carbons (Fsp3) is 0.176. The lowest BCUT2D eigenvalue weighted by molar-refractivity contribution is -0.123. The van der Waals surface area contributed by atoms with Gasteiger partial charge in [0.15, 0.2) is 18.2 Å². The molecule has 0 radical (unpaired) electrons. The number of carbonyl (C=O) groups excluding carboxylic acids is 2. The second kappa shape index (κ2) is 7.54. The first kappa shape index (κ1) is 17.4. The maximum absolute atomic E-state index is 13.0. The van der Waals surface area contributed by atoms with Crippen LogP contribution in [0.5, 0.6) is 5.75 Å². The molecule has 0 heterocycles. The molecule has 24 heavy (non-hydrogen) atoms. The summed E-state index contributed by atoms with van der Waals surface area (Å²) >= 11 is 0. The Bertz CT molecular complexity index is 758. The summed E-state index contributed by atoms with van der Waals surface area (Å²) in [4.78, 5) is 23.4. The van der Waals surface area contributed by atoms with Crippen LogP contribution in [0.1, 0.15) is 21.5 Å². The molecule has 0 atom stereocenters. The van der Waals surface area contributed by atoms with Gasteiger partial charge in [0, 0.05) is 5.56 Å². The molecule has 0 saturated carbocycles. The zero-order valence-electron chi connectivity index (χ0n) is 13.2. The molecule has 0 unspecified atom stereocenters. The van der Waals surface area contributed by atoms with Gasteiger partial charge >= 0.3 is 0 Å². The molecule has 0 fully saturated rings. The van der Waals surface area contributed by atoms with Crippen molar-refractivity contribution in [3.05, 3.63) is 64.7 Å². The lowest BCUT2D eigenvalue weighted by Crippen LogP contribution is -2.43. The third-order valence-electron chi connectivity index (χ3n) is 3.06. The average Bonchev–Trinajstić information content (AvgIpc) is 2.52. The molecule has 2 rings (SSSR count). The minimum atomic E-state index is -1.15. The van der Waals surface area contributed by atoms with Crippen molar-refractivity contribution in [2.75, 3.05) is 6.61 Å². The fourth-order valence-corrected chi connectivity index (χ4v) is 2.04. The molecule has 0 aliphatic rings. The molecule has 0 aliphatic heterocycles. The minimum absolute atomic E-state index is 0.121. The number of benzene rings is 2. The smallest absolute Gasteiger partial charge is 0.276 e. The summed E-state index contributed by atoms with van der Waals surface area (Å²) in [6.07, 6.45) is 0. The van der Waals surface area contributed by atoms with Crippen molar-refractivity contribution in [2.24, 2.45) is 0 Å². The summed E-state index contributed by atoms with van der Waals surface area (Å²) in [5.74, 6) is -3.03. The maximum Gasteiger partial charge on any atom is 0.276 e. The SMILES string of the molecule is Cc1cc(C)cc(OCC(=O)NNC(=O)c2ccc(F)c(F)c2)c1. The van der Waals surface area contributed by atoms with Crippen molar-refractivity contribution in [1.82, 2.24) is 10.9 Å². The molecule has 2 amide bonds. The molecule has 7 heteroatoms. The van der Waals surface area contributed by atoms with Crippen molar-refractivity contribution < 1.29 is 23.1 Å². The number of halogens is 2. The number of hydrogen-bond acceptors (Lipinski definition) is 3. The van der Waals surface area contributed by atoms with E-state index < -0.39 is 23.4 Å². The van der Waals surface area contributed by atoms with Gasteiger partial charge in [-0.15, -0.1) is 0 Å². The van der Waals surface area contributed by atoms with Gasteiger partial charge in [0.05, 0.1) is 0 Å². The van der Waals surface area contributed by atoms with Gasteiger partial charge in [-0.1, -0.05) is 6.07 Å². The molecular weight excluding hydrogens is 318 g/mol. The zero-order valence-corrected chi connectivity index (χ0v) is 13.2. The van der Waals surface area contributed by atoms with Gasteiger partial charge in [-0.05, 0) is 55.3 Å². The van der Waals surface area contributed by atoms with Crippen LogP contribution in [0.4, 0.5) is 8.78 Å². The first-order valence-electron chi connectivity index (χ1n) is 7.10. The number of rotatable bonds is 4. The van der Waals surface area contributed by atoms with Crippen molar-refractivity contribution in [3.8, 4) is 5.75 Å². The Balaban J connectivity index is 1.84. The molecule has 0 aromatic heterocycles. The van der Waals surface area contributed by atoms with Crippen molar-refractivity contribution >= 4 is 11.8 Å². The quantitative estimate of drug-likeness (QED) is 0.844. The Hall–Kier alpha value is -2.96. The predicted octanol–water partition coefficient (Wildman–Crippen LogP) is 2.42. The second-order valence-electron chi connectivity index (χ2n) is 5.24. The highest BCUT2D eigenvalue weighted by atomic mass is 19.2. The Morgan fingerprint density at radius 1 is 0.958 bits per heavy atom. The molecule has 0 spiro atoms. The lowest BCUT2D eigenvalue weighted by Gasteiger charge is -2.10. The standard InChI is InChI=1S/C17H16F2N2O3/c1-10-5-11(2)7-13(6-10)24-9-16(22)20-21-17(23)12-3-4-14(18)15(19)8-12/h3-8H,9H2,1-2H3,(H,20,22)(H,21,23). The number of aryl methyl sites for hydroxylation is 2. The van der Waals surface area contributed by atoms with Crippen LogP contribution in [0.25, 0.3) is 0 Å². The van der Waals surface area contributed by atoms with Crippen molar-refractivity contribution in [2.45, 2.75) is 13.8 Å². The van der Waals surface area contributed by atoms with Gasteiger partial charge in [0.25, 0.3) is 11.8 Å². The third-order valence-corrected chi connectivity index (χ3v) is 3.06. The Labute approximate surface area is 137 Å². The van der Waals surface area contributed by atoms with Gasteiger partial charge in [-0.2, -0.15) is 0 Å². The highest BCUT2D eigenvalue weighted by Gasteiger charge is 2.11. The van der Waals surface area contributed by atoms with Gasteiger partial charge in [-0.3, -0.25) is 20.4 Å². The van der Waals surface area contributed by atoms with E-state index in [1.165, 1.54) is 0 Å². The Morgan fingerprint density at radius 3 is 2.25 bits per heavy atom. The van der Waals surface area contributed by atoms with Crippen LogP contribution in [0.15, 0.2) is 36.4 Å². The lowest BCUT2D eigenvalue weighted by atomic mass is 10.1. The Morgan fingerprint density at radius 2 is 1.62 bits per heavy atom. The topological polar surface area (TPSA) is 67.4 Å². The highest BCUT2D eigenvalue weighted by Crippen LogP contribution is 2.15. The number of hydrogen-bond donors (Lipinski definition) is 2. The molecule has 2 aromatic carbocycles. The maximum atomic E-state index is 13.0. The largest absolute Gasteiger partial charge is 0.484 e. The van der Waals surface area contributed by atoms with E-state index in [0.29, 0.717) is 5.75 Å². The molecule has 126 valence electrons. The molecule has 2 aromatic rings. The molecule has 5 nitrogen and oxygen atoms in total.